The van der Waals surface area contributed by atoms with Crippen LogP contribution in [0.5, 0.6) is 0 Å². The molecule has 3 atom stereocenters. The molecule has 2 aliphatic carbocycles. The minimum absolute atomic E-state index is 0.400. The Labute approximate surface area is 107 Å². The van der Waals surface area contributed by atoms with E-state index in [9.17, 15) is 0 Å². The molecule has 0 aromatic heterocycles. The Balaban J connectivity index is 1.93. The van der Waals surface area contributed by atoms with Crippen LogP contribution in [0.1, 0.15) is 52.9 Å². The van der Waals surface area contributed by atoms with E-state index in [1.54, 1.807) is 0 Å². The van der Waals surface area contributed by atoms with Gasteiger partial charge in [0.25, 0.3) is 0 Å². The van der Waals surface area contributed by atoms with Gasteiger partial charge in [0, 0.05) is 18.6 Å². The maximum absolute atomic E-state index is 6.34. The molecule has 0 aromatic carbocycles. The van der Waals surface area contributed by atoms with Gasteiger partial charge >= 0.3 is 0 Å². The van der Waals surface area contributed by atoms with E-state index in [1.165, 1.54) is 38.6 Å². The summed E-state index contributed by atoms with van der Waals surface area (Å²) in [5.74, 6) is 1.82. The van der Waals surface area contributed by atoms with E-state index in [0.717, 1.165) is 11.8 Å². The monoisotopic (exact) mass is 238 g/mol. The Morgan fingerprint density at radius 1 is 1.12 bits per heavy atom. The van der Waals surface area contributed by atoms with Gasteiger partial charge in [0.15, 0.2) is 0 Å². The van der Waals surface area contributed by atoms with Gasteiger partial charge in [0.1, 0.15) is 0 Å². The SMILES string of the molecule is CN(CC1CC1)C1CC(C(C)(C)C)CCC1N. The molecule has 2 nitrogen and oxygen atoms in total. The molecule has 100 valence electrons. The standard InChI is InChI=1S/C15H30N2/c1-15(2,3)12-7-8-13(16)14(9-12)17(4)10-11-5-6-11/h11-14H,5-10,16H2,1-4H3. The summed E-state index contributed by atoms with van der Waals surface area (Å²) in [6.07, 6.45) is 6.71. The normalized spacial score (nSPS) is 35.3. The van der Waals surface area contributed by atoms with Gasteiger partial charge in [0.2, 0.25) is 0 Å². The zero-order valence-electron chi connectivity index (χ0n) is 12.1. The Morgan fingerprint density at radius 2 is 1.76 bits per heavy atom. The number of hydrogen-bond acceptors (Lipinski definition) is 2. The van der Waals surface area contributed by atoms with Crippen LogP contribution in [0.15, 0.2) is 0 Å². The molecule has 0 aromatic rings. The lowest BCUT2D eigenvalue weighted by atomic mass is 9.69. The van der Waals surface area contributed by atoms with E-state index in [1.807, 2.05) is 0 Å². The zero-order chi connectivity index (χ0) is 12.6. The van der Waals surface area contributed by atoms with E-state index in [0.29, 0.717) is 17.5 Å². The molecule has 2 aliphatic rings. The van der Waals surface area contributed by atoms with E-state index < -0.39 is 0 Å². The summed E-state index contributed by atoms with van der Waals surface area (Å²) < 4.78 is 0. The lowest BCUT2D eigenvalue weighted by Gasteiger charge is -2.44. The van der Waals surface area contributed by atoms with Gasteiger partial charge in [-0.05, 0) is 56.4 Å². The highest BCUT2D eigenvalue weighted by atomic mass is 15.2. The maximum Gasteiger partial charge on any atom is 0.0247 e. The topological polar surface area (TPSA) is 29.3 Å². The first-order valence-electron chi connectivity index (χ1n) is 7.33. The Hall–Kier alpha value is -0.0800. The molecular weight excluding hydrogens is 208 g/mol. The maximum atomic E-state index is 6.34. The number of nitrogens with zero attached hydrogens (tertiary/aromatic N) is 1. The molecule has 0 amide bonds. The number of rotatable bonds is 3. The van der Waals surface area contributed by atoms with Crippen molar-refractivity contribution in [1.29, 1.82) is 0 Å². The highest BCUT2D eigenvalue weighted by Gasteiger charge is 2.37. The summed E-state index contributed by atoms with van der Waals surface area (Å²) in [4.78, 5) is 2.56. The molecule has 2 rings (SSSR count). The fourth-order valence-corrected chi connectivity index (χ4v) is 3.31. The lowest BCUT2D eigenvalue weighted by Crippen LogP contribution is -2.51. The molecule has 2 fully saturated rings. The van der Waals surface area contributed by atoms with Gasteiger partial charge in [-0.2, -0.15) is 0 Å². The predicted octanol–water partition coefficient (Wildman–Crippen LogP) is 2.87. The molecule has 0 heterocycles. The van der Waals surface area contributed by atoms with Crippen molar-refractivity contribution in [2.75, 3.05) is 13.6 Å². The molecule has 0 spiro atoms. The van der Waals surface area contributed by atoms with Crippen molar-refractivity contribution in [2.45, 2.75) is 65.0 Å². The van der Waals surface area contributed by atoms with Crippen LogP contribution in [-0.2, 0) is 0 Å². The first-order chi connectivity index (χ1) is 7.88. The van der Waals surface area contributed by atoms with Gasteiger partial charge in [-0.1, -0.05) is 20.8 Å². The number of nitrogens with two attached hydrogens (primary N) is 1. The Kier molecular flexibility index (Phi) is 3.84. The van der Waals surface area contributed by atoms with Gasteiger partial charge in [-0.25, -0.2) is 0 Å². The summed E-state index contributed by atoms with van der Waals surface area (Å²) in [6.45, 7) is 8.42. The summed E-state index contributed by atoms with van der Waals surface area (Å²) in [7, 11) is 2.29. The summed E-state index contributed by atoms with van der Waals surface area (Å²) in [5.41, 5.74) is 6.78. The minimum Gasteiger partial charge on any atom is -0.326 e. The highest BCUT2D eigenvalue weighted by Crippen LogP contribution is 2.39. The van der Waals surface area contributed by atoms with Crippen molar-refractivity contribution in [2.24, 2.45) is 23.0 Å². The predicted molar refractivity (Wildman–Crippen MR) is 73.9 cm³/mol. The third-order valence-electron chi connectivity index (χ3n) is 4.90. The van der Waals surface area contributed by atoms with Crippen LogP contribution in [0.3, 0.4) is 0 Å². The molecule has 2 heteroatoms. The average molecular weight is 238 g/mol. The third kappa shape index (κ3) is 3.45. The second-order valence-electron chi connectivity index (χ2n) is 7.49. The van der Waals surface area contributed by atoms with E-state index in [4.69, 9.17) is 5.73 Å². The minimum atomic E-state index is 0.400. The highest BCUT2D eigenvalue weighted by molar-refractivity contribution is 4.93. The van der Waals surface area contributed by atoms with Crippen molar-refractivity contribution in [3.8, 4) is 0 Å². The molecule has 0 bridgehead atoms. The number of hydrogen-bond donors (Lipinski definition) is 1. The molecule has 3 unspecified atom stereocenters. The van der Waals surface area contributed by atoms with Gasteiger partial charge in [-0.3, -0.25) is 0 Å². The number of likely N-dealkylation sites (N-methyl/N-ethyl adjacent to an activating group) is 1. The smallest absolute Gasteiger partial charge is 0.0247 e. The molecule has 2 saturated carbocycles. The average Bonchev–Trinajstić information content (AvgIpc) is 3.00. The fourth-order valence-electron chi connectivity index (χ4n) is 3.31. The van der Waals surface area contributed by atoms with Gasteiger partial charge < -0.3 is 10.6 Å². The van der Waals surface area contributed by atoms with E-state index in [2.05, 4.69) is 32.7 Å². The van der Waals surface area contributed by atoms with Gasteiger partial charge in [-0.15, -0.1) is 0 Å². The summed E-state index contributed by atoms with van der Waals surface area (Å²) >= 11 is 0. The molecule has 0 saturated heterocycles. The summed E-state index contributed by atoms with van der Waals surface area (Å²) in [5, 5.41) is 0. The van der Waals surface area contributed by atoms with Crippen molar-refractivity contribution >= 4 is 0 Å². The lowest BCUT2D eigenvalue weighted by molar-refractivity contribution is 0.0818. The van der Waals surface area contributed by atoms with Crippen LogP contribution in [0.2, 0.25) is 0 Å². The van der Waals surface area contributed by atoms with E-state index >= 15 is 0 Å². The fraction of sp³-hybridized carbons (Fsp3) is 1.00. The van der Waals surface area contributed by atoms with Crippen LogP contribution in [0, 0.1) is 17.3 Å². The largest absolute Gasteiger partial charge is 0.326 e. The van der Waals surface area contributed by atoms with Crippen LogP contribution < -0.4 is 5.73 Å². The molecule has 0 aliphatic heterocycles. The van der Waals surface area contributed by atoms with Crippen LogP contribution >= 0.6 is 0 Å². The van der Waals surface area contributed by atoms with Crippen molar-refractivity contribution in [3.63, 3.8) is 0 Å². The van der Waals surface area contributed by atoms with Crippen LogP contribution in [-0.4, -0.2) is 30.6 Å². The van der Waals surface area contributed by atoms with Crippen LogP contribution in [0.4, 0.5) is 0 Å². The van der Waals surface area contributed by atoms with Crippen LogP contribution in [0.25, 0.3) is 0 Å². The van der Waals surface area contributed by atoms with E-state index in [-0.39, 0.29) is 0 Å². The second-order valence-corrected chi connectivity index (χ2v) is 7.49. The molecule has 17 heavy (non-hydrogen) atoms. The Morgan fingerprint density at radius 3 is 2.29 bits per heavy atom. The second kappa shape index (κ2) is 4.89. The first kappa shape index (κ1) is 13.4. The van der Waals surface area contributed by atoms with Crippen molar-refractivity contribution in [1.82, 2.24) is 4.90 Å². The third-order valence-corrected chi connectivity index (χ3v) is 4.90. The molecule has 2 N–H and O–H groups in total. The van der Waals surface area contributed by atoms with Gasteiger partial charge in [0.05, 0.1) is 0 Å². The molecule has 0 radical (unpaired) electrons. The first-order valence-corrected chi connectivity index (χ1v) is 7.33. The molecular formula is C15H30N2. The Bertz CT molecular complexity index is 252. The zero-order valence-corrected chi connectivity index (χ0v) is 12.1. The summed E-state index contributed by atoms with van der Waals surface area (Å²) in [6, 6.07) is 1.02. The van der Waals surface area contributed by atoms with Crippen molar-refractivity contribution < 1.29 is 0 Å². The van der Waals surface area contributed by atoms with Crippen molar-refractivity contribution in [3.05, 3.63) is 0 Å². The quantitative estimate of drug-likeness (QED) is 0.819.